The molecule has 0 aliphatic carbocycles. The molecule has 2 aromatic carbocycles. The molecule has 1 N–H and O–H groups in total. The van der Waals surface area contributed by atoms with E-state index in [2.05, 4.69) is 15.6 Å². The van der Waals surface area contributed by atoms with Gasteiger partial charge in [-0.1, -0.05) is 23.9 Å². The Morgan fingerprint density at radius 3 is 2.65 bits per heavy atom. The molecule has 1 aromatic heterocycles. The monoisotopic (exact) mass is 366 g/mol. The molecular weight excluding hydrogens is 348 g/mol. The summed E-state index contributed by atoms with van der Waals surface area (Å²) in [6.07, 6.45) is 0. The van der Waals surface area contributed by atoms with Gasteiger partial charge in [-0.3, -0.25) is 5.43 Å². The molecule has 0 radical (unpaired) electrons. The van der Waals surface area contributed by atoms with Crippen molar-refractivity contribution in [2.45, 2.75) is 12.1 Å². The van der Waals surface area contributed by atoms with Crippen LogP contribution in [0.25, 0.3) is 17.1 Å². The normalized spacial score (nSPS) is 12.8. The summed E-state index contributed by atoms with van der Waals surface area (Å²) in [5, 5.41) is 11.5. The van der Waals surface area contributed by atoms with E-state index in [1.807, 2.05) is 65.5 Å². The standard InChI is InChI=1S/C19H18N4O2S/c1-3-25-17-7-5-4-6-15(17)18-20-21-19-23(18)22-16(12-26-19)13-8-10-14(24-2)11-9-13/h4-12,22H,3H2,1-2H3. The minimum absolute atomic E-state index is 0.594. The number of fused-ring (bicyclic) bond motifs is 1. The summed E-state index contributed by atoms with van der Waals surface area (Å²) >= 11 is 1.53. The van der Waals surface area contributed by atoms with Gasteiger partial charge in [0, 0.05) is 11.0 Å². The first-order valence-corrected chi connectivity index (χ1v) is 9.14. The molecule has 0 saturated carbocycles. The van der Waals surface area contributed by atoms with Gasteiger partial charge < -0.3 is 9.47 Å². The highest BCUT2D eigenvalue weighted by molar-refractivity contribution is 8.02. The Hall–Kier alpha value is -2.93. The Morgan fingerprint density at radius 1 is 1.08 bits per heavy atom. The zero-order valence-electron chi connectivity index (χ0n) is 14.5. The molecule has 26 heavy (non-hydrogen) atoms. The fourth-order valence-electron chi connectivity index (χ4n) is 2.72. The Labute approximate surface area is 155 Å². The Bertz CT molecular complexity index is 950. The summed E-state index contributed by atoms with van der Waals surface area (Å²) in [5.41, 5.74) is 6.33. The average molecular weight is 366 g/mol. The maximum absolute atomic E-state index is 5.74. The van der Waals surface area contributed by atoms with Crippen LogP contribution in [-0.2, 0) is 0 Å². The molecule has 132 valence electrons. The first kappa shape index (κ1) is 16.5. The minimum atomic E-state index is 0.594. The van der Waals surface area contributed by atoms with Gasteiger partial charge in [0.05, 0.1) is 25.0 Å². The highest BCUT2D eigenvalue weighted by Crippen LogP contribution is 2.34. The van der Waals surface area contributed by atoms with Crippen molar-refractivity contribution in [3.8, 4) is 22.9 Å². The molecule has 0 bridgehead atoms. The summed E-state index contributed by atoms with van der Waals surface area (Å²) in [4.78, 5) is 0. The largest absolute Gasteiger partial charge is 0.497 e. The molecule has 0 atom stereocenters. The van der Waals surface area contributed by atoms with E-state index >= 15 is 0 Å². The maximum Gasteiger partial charge on any atom is 0.214 e. The highest BCUT2D eigenvalue weighted by Gasteiger charge is 2.21. The van der Waals surface area contributed by atoms with Crippen LogP contribution in [0.3, 0.4) is 0 Å². The molecule has 0 unspecified atom stereocenters. The topological polar surface area (TPSA) is 61.2 Å². The number of nitrogens with one attached hydrogen (secondary N) is 1. The zero-order chi connectivity index (χ0) is 17.9. The number of hydrogen-bond donors (Lipinski definition) is 1. The molecule has 0 saturated heterocycles. The minimum Gasteiger partial charge on any atom is -0.497 e. The third kappa shape index (κ3) is 3.01. The van der Waals surface area contributed by atoms with Crippen LogP contribution in [0.4, 0.5) is 0 Å². The SMILES string of the molecule is CCOc1ccccc1-c1nnc2n1NC(c1ccc(OC)cc1)=CS2. The van der Waals surface area contributed by atoms with Gasteiger partial charge in [0.25, 0.3) is 0 Å². The number of nitrogens with zero attached hydrogens (tertiary/aromatic N) is 3. The number of rotatable bonds is 5. The fraction of sp³-hybridized carbons (Fsp3) is 0.158. The Kier molecular flexibility index (Phi) is 4.53. The third-order valence-electron chi connectivity index (χ3n) is 3.98. The fourth-order valence-corrected chi connectivity index (χ4v) is 3.45. The van der Waals surface area contributed by atoms with Crippen molar-refractivity contribution >= 4 is 17.5 Å². The molecule has 0 spiro atoms. The lowest BCUT2D eigenvalue weighted by atomic mass is 10.1. The maximum atomic E-state index is 5.74. The summed E-state index contributed by atoms with van der Waals surface area (Å²) in [5.74, 6) is 2.34. The van der Waals surface area contributed by atoms with Crippen molar-refractivity contribution < 1.29 is 9.47 Å². The smallest absolute Gasteiger partial charge is 0.214 e. The van der Waals surface area contributed by atoms with Crippen LogP contribution in [0.1, 0.15) is 12.5 Å². The Balaban J connectivity index is 1.68. The molecule has 6 nitrogen and oxygen atoms in total. The number of aromatic nitrogens is 3. The van der Waals surface area contributed by atoms with Crippen molar-refractivity contribution in [1.29, 1.82) is 0 Å². The lowest BCUT2D eigenvalue weighted by molar-refractivity contribution is 0.341. The van der Waals surface area contributed by atoms with Crippen molar-refractivity contribution in [2.75, 3.05) is 19.1 Å². The van der Waals surface area contributed by atoms with Crippen LogP contribution in [0.2, 0.25) is 0 Å². The van der Waals surface area contributed by atoms with Gasteiger partial charge in [-0.25, -0.2) is 4.68 Å². The van der Waals surface area contributed by atoms with E-state index in [9.17, 15) is 0 Å². The molecule has 0 amide bonds. The van der Waals surface area contributed by atoms with E-state index in [4.69, 9.17) is 9.47 Å². The van der Waals surface area contributed by atoms with E-state index in [-0.39, 0.29) is 0 Å². The quantitative estimate of drug-likeness (QED) is 0.736. The van der Waals surface area contributed by atoms with Gasteiger partial charge >= 0.3 is 0 Å². The van der Waals surface area contributed by atoms with Crippen LogP contribution < -0.4 is 14.9 Å². The van der Waals surface area contributed by atoms with E-state index in [0.717, 1.165) is 39.3 Å². The molecule has 1 aliphatic rings. The third-order valence-corrected chi connectivity index (χ3v) is 4.81. The second-order valence-corrected chi connectivity index (χ2v) is 6.40. The first-order valence-electron chi connectivity index (χ1n) is 8.26. The predicted molar refractivity (Wildman–Crippen MR) is 103 cm³/mol. The van der Waals surface area contributed by atoms with E-state index in [1.165, 1.54) is 11.8 Å². The van der Waals surface area contributed by atoms with Gasteiger partial charge in [0.15, 0.2) is 5.82 Å². The summed E-state index contributed by atoms with van der Waals surface area (Å²) in [6.45, 7) is 2.56. The van der Waals surface area contributed by atoms with E-state index < -0.39 is 0 Å². The van der Waals surface area contributed by atoms with Crippen LogP contribution in [0, 0.1) is 0 Å². The van der Waals surface area contributed by atoms with Crippen molar-refractivity contribution in [3.05, 3.63) is 59.5 Å². The second-order valence-electron chi connectivity index (χ2n) is 5.56. The van der Waals surface area contributed by atoms with Crippen molar-refractivity contribution in [2.24, 2.45) is 0 Å². The lowest BCUT2D eigenvalue weighted by Crippen LogP contribution is -2.18. The number of methoxy groups -OCH3 is 1. The molecule has 1 aliphatic heterocycles. The second kappa shape index (κ2) is 7.13. The van der Waals surface area contributed by atoms with Crippen molar-refractivity contribution in [3.63, 3.8) is 0 Å². The first-order chi connectivity index (χ1) is 12.8. The molecule has 7 heteroatoms. The van der Waals surface area contributed by atoms with Crippen LogP contribution in [0.15, 0.2) is 59.1 Å². The molecule has 3 aromatic rings. The number of para-hydroxylation sites is 1. The number of thioether (sulfide) groups is 1. The lowest BCUT2D eigenvalue weighted by Gasteiger charge is -2.20. The zero-order valence-corrected chi connectivity index (χ0v) is 15.3. The molecule has 0 fully saturated rings. The van der Waals surface area contributed by atoms with Gasteiger partial charge in [0.2, 0.25) is 5.16 Å². The van der Waals surface area contributed by atoms with Gasteiger partial charge in [0.1, 0.15) is 11.5 Å². The van der Waals surface area contributed by atoms with Gasteiger partial charge in [-0.05, 0) is 43.3 Å². The number of hydrogen-bond acceptors (Lipinski definition) is 6. The molecular formula is C19H18N4O2S. The molecule has 4 rings (SSSR count). The number of benzene rings is 2. The van der Waals surface area contributed by atoms with E-state index in [0.29, 0.717) is 6.61 Å². The van der Waals surface area contributed by atoms with Crippen LogP contribution in [0.5, 0.6) is 11.5 Å². The van der Waals surface area contributed by atoms with E-state index in [1.54, 1.807) is 7.11 Å². The summed E-state index contributed by atoms with van der Waals surface area (Å²) < 4.78 is 12.9. The average Bonchev–Trinajstić information content (AvgIpc) is 3.12. The van der Waals surface area contributed by atoms with Crippen molar-refractivity contribution in [1.82, 2.24) is 14.9 Å². The highest BCUT2D eigenvalue weighted by atomic mass is 32.2. The summed E-state index contributed by atoms with van der Waals surface area (Å²) in [7, 11) is 1.66. The summed E-state index contributed by atoms with van der Waals surface area (Å²) in [6, 6.07) is 15.8. The predicted octanol–water partition coefficient (Wildman–Crippen LogP) is 4.00. The number of ether oxygens (including phenoxy) is 2. The molecule has 2 heterocycles. The van der Waals surface area contributed by atoms with Gasteiger partial charge in [-0.2, -0.15) is 0 Å². The van der Waals surface area contributed by atoms with Gasteiger partial charge in [-0.15, -0.1) is 10.2 Å². The van der Waals surface area contributed by atoms with Crippen LogP contribution >= 0.6 is 11.8 Å². The van der Waals surface area contributed by atoms with Crippen LogP contribution in [-0.4, -0.2) is 28.6 Å². The Morgan fingerprint density at radius 2 is 1.88 bits per heavy atom.